The first-order valence-electron chi connectivity index (χ1n) is 8.76. The topological polar surface area (TPSA) is 66.8 Å². The number of aliphatic hydroxyl groups is 1. The Kier molecular flexibility index (Phi) is 4.69. The first kappa shape index (κ1) is 17.7. The number of nitrogens with zero attached hydrogens (tertiary/aromatic N) is 1. The van der Waals surface area contributed by atoms with Gasteiger partial charge in [-0.15, -0.1) is 0 Å². The molecule has 2 atom stereocenters. The Morgan fingerprint density at radius 3 is 2.52 bits per heavy atom. The summed E-state index contributed by atoms with van der Waals surface area (Å²) in [6.07, 6.45) is 1.80. The molecule has 5 heteroatoms. The van der Waals surface area contributed by atoms with Crippen LogP contribution in [-0.2, 0) is 14.3 Å². The van der Waals surface area contributed by atoms with Crippen LogP contribution in [0.3, 0.4) is 0 Å². The maximum atomic E-state index is 13.0. The van der Waals surface area contributed by atoms with Gasteiger partial charge in [0, 0.05) is 18.6 Å². The van der Waals surface area contributed by atoms with Gasteiger partial charge in [-0.05, 0) is 18.4 Å². The fourth-order valence-electron chi connectivity index (χ4n) is 3.47. The quantitative estimate of drug-likeness (QED) is 0.912. The first-order valence-corrected chi connectivity index (χ1v) is 8.76. The second-order valence-corrected chi connectivity index (χ2v) is 7.75. The molecule has 0 radical (unpaired) electrons. The van der Waals surface area contributed by atoms with Crippen LogP contribution >= 0.6 is 0 Å². The van der Waals surface area contributed by atoms with Gasteiger partial charge in [0.05, 0.1) is 17.7 Å². The standard InChI is InChI=1S/C20H25NO4/c1-20(2,3)18(23)15-16(13-8-5-4-6-9-13)21(19(24)17(15)22)12-14-10-7-11-25-14/h4-6,8-9,14,16,22H,7,10-12H2,1-3H3. The number of aliphatic hydroxyl groups excluding tert-OH is 1. The smallest absolute Gasteiger partial charge is 0.290 e. The Bertz CT molecular complexity index is 696. The van der Waals surface area contributed by atoms with Gasteiger partial charge in [0.1, 0.15) is 0 Å². The SMILES string of the molecule is CC(C)(C)C(=O)C1=C(O)C(=O)N(CC2CCCO2)C1c1ccccc1. The van der Waals surface area contributed by atoms with E-state index in [0.29, 0.717) is 13.2 Å². The predicted octanol–water partition coefficient (Wildman–Crippen LogP) is 3.18. The monoisotopic (exact) mass is 343 g/mol. The van der Waals surface area contributed by atoms with Crippen molar-refractivity contribution in [1.82, 2.24) is 4.90 Å². The van der Waals surface area contributed by atoms with E-state index in [1.165, 1.54) is 0 Å². The summed E-state index contributed by atoms with van der Waals surface area (Å²) in [5, 5.41) is 10.5. The molecule has 0 bridgehead atoms. The predicted molar refractivity (Wildman–Crippen MR) is 94.0 cm³/mol. The number of hydrogen-bond donors (Lipinski definition) is 1. The molecule has 0 spiro atoms. The van der Waals surface area contributed by atoms with Gasteiger partial charge in [-0.1, -0.05) is 51.1 Å². The van der Waals surface area contributed by atoms with Gasteiger partial charge in [-0.3, -0.25) is 9.59 Å². The summed E-state index contributed by atoms with van der Waals surface area (Å²) in [6, 6.07) is 8.84. The highest BCUT2D eigenvalue weighted by Gasteiger charge is 2.46. The Morgan fingerprint density at radius 2 is 1.96 bits per heavy atom. The maximum Gasteiger partial charge on any atom is 0.290 e. The van der Waals surface area contributed by atoms with Gasteiger partial charge in [-0.2, -0.15) is 0 Å². The van der Waals surface area contributed by atoms with Gasteiger partial charge < -0.3 is 14.7 Å². The Morgan fingerprint density at radius 1 is 1.28 bits per heavy atom. The summed E-state index contributed by atoms with van der Waals surface area (Å²) in [7, 11) is 0. The summed E-state index contributed by atoms with van der Waals surface area (Å²) in [4.78, 5) is 27.3. The van der Waals surface area contributed by atoms with Crippen LogP contribution in [0, 0.1) is 5.41 Å². The molecular weight excluding hydrogens is 318 g/mol. The van der Waals surface area contributed by atoms with Crippen molar-refractivity contribution in [2.75, 3.05) is 13.2 Å². The lowest BCUT2D eigenvalue weighted by molar-refractivity contribution is -0.131. The van der Waals surface area contributed by atoms with Crippen LogP contribution in [0.25, 0.3) is 0 Å². The zero-order chi connectivity index (χ0) is 18.2. The lowest BCUT2D eigenvalue weighted by Crippen LogP contribution is -2.38. The molecule has 1 aromatic rings. The number of amides is 1. The van der Waals surface area contributed by atoms with Crippen LogP contribution in [0.15, 0.2) is 41.7 Å². The Balaban J connectivity index is 2.02. The Hall–Kier alpha value is -2.14. The van der Waals surface area contributed by atoms with E-state index in [0.717, 1.165) is 18.4 Å². The summed E-state index contributed by atoms with van der Waals surface area (Å²) in [5.74, 6) is -1.12. The maximum absolute atomic E-state index is 13.0. The fraction of sp³-hybridized carbons (Fsp3) is 0.500. The molecule has 134 valence electrons. The highest BCUT2D eigenvalue weighted by Crippen LogP contribution is 2.41. The largest absolute Gasteiger partial charge is 0.503 e. The van der Waals surface area contributed by atoms with E-state index < -0.39 is 23.1 Å². The second-order valence-electron chi connectivity index (χ2n) is 7.75. The van der Waals surface area contributed by atoms with E-state index in [1.807, 2.05) is 30.3 Å². The van der Waals surface area contributed by atoms with Crippen molar-refractivity contribution < 1.29 is 19.4 Å². The third kappa shape index (κ3) is 3.33. The number of rotatable bonds is 4. The number of ether oxygens (including phenoxy) is 1. The first-order chi connectivity index (χ1) is 11.8. The van der Waals surface area contributed by atoms with E-state index in [4.69, 9.17) is 4.74 Å². The van der Waals surface area contributed by atoms with Gasteiger partial charge in [0.25, 0.3) is 5.91 Å². The summed E-state index contributed by atoms with van der Waals surface area (Å²) >= 11 is 0. The van der Waals surface area contributed by atoms with Gasteiger partial charge in [0.2, 0.25) is 0 Å². The number of Topliss-reactive ketones (excluding diaryl/α,β-unsaturated/α-hetero) is 1. The van der Waals surface area contributed by atoms with Crippen molar-refractivity contribution >= 4 is 11.7 Å². The van der Waals surface area contributed by atoms with Crippen molar-refractivity contribution in [2.24, 2.45) is 5.41 Å². The molecule has 1 amide bonds. The molecule has 5 nitrogen and oxygen atoms in total. The number of hydrogen-bond acceptors (Lipinski definition) is 4. The average molecular weight is 343 g/mol. The van der Waals surface area contributed by atoms with Gasteiger partial charge in [-0.25, -0.2) is 0 Å². The molecular formula is C20H25NO4. The van der Waals surface area contributed by atoms with Crippen molar-refractivity contribution in [1.29, 1.82) is 0 Å². The molecule has 2 aliphatic rings. The minimum absolute atomic E-state index is 0.0490. The zero-order valence-electron chi connectivity index (χ0n) is 15.0. The fourth-order valence-corrected chi connectivity index (χ4v) is 3.47. The van der Waals surface area contributed by atoms with Gasteiger partial charge >= 0.3 is 0 Å². The van der Waals surface area contributed by atoms with E-state index in [9.17, 15) is 14.7 Å². The van der Waals surface area contributed by atoms with Crippen molar-refractivity contribution in [3.8, 4) is 0 Å². The van der Waals surface area contributed by atoms with Crippen molar-refractivity contribution in [3.63, 3.8) is 0 Å². The van der Waals surface area contributed by atoms with Crippen LogP contribution in [0.2, 0.25) is 0 Å². The molecule has 0 saturated carbocycles. The summed E-state index contributed by atoms with van der Waals surface area (Å²) < 4.78 is 5.67. The molecule has 0 aliphatic carbocycles. The third-order valence-electron chi connectivity index (χ3n) is 4.77. The Labute approximate surface area is 148 Å². The van der Waals surface area contributed by atoms with Crippen LogP contribution in [0.1, 0.15) is 45.2 Å². The molecule has 1 N–H and O–H groups in total. The highest BCUT2D eigenvalue weighted by molar-refractivity contribution is 6.10. The molecule has 0 aromatic heterocycles. The summed E-state index contributed by atoms with van der Waals surface area (Å²) in [6.45, 7) is 6.46. The third-order valence-corrected chi connectivity index (χ3v) is 4.77. The van der Waals surface area contributed by atoms with Crippen molar-refractivity contribution in [2.45, 2.75) is 45.8 Å². The van der Waals surface area contributed by atoms with Crippen LogP contribution < -0.4 is 0 Å². The van der Waals surface area contributed by atoms with E-state index in [2.05, 4.69) is 0 Å². The average Bonchev–Trinajstić information content (AvgIpc) is 3.16. The molecule has 1 aromatic carbocycles. The molecule has 2 heterocycles. The van der Waals surface area contributed by atoms with Crippen LogP contribution in [-0.4, -0.2) is 41.0 Å². The molecule has 1 fully saturated rings. The minimum atomic E-state index is -0.684. The van der Waals surface area contributed by atoms with E-state index in [-0.39, 0.29) is 17.5 Å². The molecule has 2 unspecified atom stereocenters. The number of ketones is 1. The lowest BCUT2D eigenvalue weighted by Gasteiger charge is -2.30. The normalized spacial score (nSPS) is 24.3. The van der Waals surface area contributed by atoms with E-state index >= 15 is 0 Å². The summed E-state index contributed by atoms with van der Waals surface area (Å²) in [5.41, 5.74) is 0.337. The van der Waals surface area contributed by atoms with Crippen LogP contribution in [0.4, 0.5) is 0 Å². The van der Waals surface area contributed by atoms with E-state index in [1.54, 1.807) is 25.7 Å². The zero-order valence-corrected chi connectivity index (χ0v) is 15.0. The van der Waals surface area contributed by atoms with Crippen LogP contribution in [0.5, 0.6) is 0 Å². The lowest BCUT2D eigenvalue weighted by atomic mass is 9.82. The number of carbonyl (C=O) groups is 2. The second kappa shape index (κ2) is 6.64. The number of carbonyl (C=O) groups excluding carboxylic acids is 2. The number of benzene rings is 1. The molecule has 25 heavy (non-hydrogen) atoms. The minimum Gasteiger partial charge on any atom is -0.503 e. The molecule has 2 aliphatic heterocycles. The molecule has 1 saturated heterocycles. The molecule has 3 rings (SSSR count). The van der Waals surface area contributed by atoms with Gasteiger partial charge in [0.15, 0.2) is 11.5 Å². The highest BCUT2D eigenvalue weighted by atomic mass is 16.5. The van der Waals surface area contributed by atoms with Crippen molar-refractivity contribution in [3.05, 3.63) is 47.2 Å².